The smallest absolute Gasteiger partial charge is 0.269 e. The van der Waals surface area contributed by atoms with Gasteiger partial charge < -0.3 is 10.6 Å². The van der Waals surface area contributed by atoms with Crippen molar-refractivity contribution in [3.8, 4) is 0 Å². The number of hydrogen-bond acceptors (Lipinski definition) is 11. The molecule has 2 heterocycles. The van der Waals surface area contributed by atoms with Gasteiger partial charge in [-0.05, 0) is 128 Å². The van der Waals surface area contributed by atoms with Crippen molar-refractivity contribution >= 4 is 73.2 Å². The molecule has 14 nitrogen and oxygen atoms in total. The fourth-order valence-electron chi connectivity index (χ4n) is 5.27. The minimum atomic E-state index is -0.325. The summed E-state index contributed by atoms with van der Waals surface area (Å²) in [6.07, 6.45) is 3.82. The topological polar surface area (TPSA) is 206 Å². The third-order valence-corrected chi connectivity index (χ3v) is 9.64. The zero-order valence-electron chi connectivity index (χ0n) is 33.6. The van der Waals surface area contributed by atoms with E-state index >= 15 is 0 Å². The number of nitrogen functional groups attached to an aromatic ring is 1. The van der Waals surface area contributed by atoms with Crippen LogP contribution in [0.15, 0.2) is 48.5 Å². The van der Waals surface area contributed by atoms with Gasteiger partial charge in [-0.2, -0.15) is 27.0 Å². The van der Waals surface area contributed by atoms with Crippen molar-refractivity contribution < 1.29 is 19.2 Å². The third kappa shape index (κ3) is 14.6. The molecule has 0 spiro atoms. The highest BCUT2D eigenvalue weighted by Crippen LogP contribution is 2.31. The Labute approximate surface area is 353 Å². The highest BCUT2D eigenvalue weighted by molar-refractivity contribution is 7.59. The molecule has 2 atom stereocenters. The van der Waals surface area contributed by atoms with Crippen LogP contribution in [0.25, 0.3) is 0 Å². The number of carbonyl (C=O) groups excluding carboxylic acids is 4. The van der Waals surface area contributed by atoms with E-state index in [1.54, 1.807) is 24.3 Å². The maximum Gasteiger partial charge on any atom is 0.269 e. The fourth-order valence-corrected chi connectivity index (χ4v) is 5.49. The third-order valence-electron chi connectivity index (χ3n) is 9.33. The largest absolute Gasteiger partial charge is 0.363 e. The Morgan fingerprint density at radius 1 is 0.614 bits per heavy atom. The number of rotatable bonds is 10. The van der Waals surface area contributed by atoms with Crippen LogP contribution in [0.3, 0.4) is 0 Å². The number of carbonyl (C=O) groups is 4. The predicted octanol–water partition coefficient (Wildman–Crippen LogP) is 6.31. The van der Waals surface area contributed by atoms with Gasteiger partial charge in [0.25, 0.3) is 11.8 Å². The van der Waals surface area contributed by atoms with Crippen molar-refractivity contribution in [1.82, 2.24) is 36.2 Å². The average molecular weight is 840 g/mol. The molecule has 0 saturated heterocycles. The second-order valence-electron chi connectivity index (χ2n) is 13.9. The molecule has 308 valence electrons. The summed E-state index contributed by atoms with van der Waals surface area (Å²) in [5, 5.41) is 6.64. The van der Waals surface area contributed by atoms with Crippen LogP contribution in [0.1, 0.15) is 118 Å². The molecule has 7 N–H and O–H groups in total. The van der Waals surface area contributed by atoms with Crippen molar-refractivity contribution in [3.05, 3.63) is 105 Å². The van der Waals surface area contributed by atoms with E-state index in [0.29, 0.717) is 11.1 Å². The lowest BCUT2D eigenvalue weighted by molar-refractivity contribution is -0.123. The van der Waals surface area contributed by atoms with E-state index in [1.165, 1.54) is 0 Å². The molecule has 57 heavy (non-hydrogen) atoms. The standard InChI is InChI=1S/C20H25N5O2.C16H21N5O.C4H5ClO.2H2S/c1-11-12(2)21-14(4)23-18(11)22-13(3)15-5-7-16(8-6-15)19(26)24-25-20(27)17-9-10-17;1-9-10(2)18-12(4)20-15(9)19-11(3)13-5-7-14(8-6-13)16(22)21-17;5-4(6)3-1-2-3;;/h5-8,13,17H,9-10H2,1-4H3,(H,24,26)(H,25,27)(H,21,22,23);5-8,11H,17H2,1-4H3,(H,21,22)(H,18,19,20);3H,1-2H2;2*1H2/t13-;11-;;;/m00.../s1. The summed E-state index contributed by atoms with van der Waals surface area (Å²) in [6, 6.07) is 14.7. The monoisotopic (exact) mass is 838 g/mol. The Bertz CT molecular complexity index is 2010. The number of benzene rings is 2. The molecule has 0 aliphatic heterocycles. The Morgan fingerprint density at radius 3 is 1.33 bits per heavy atom. The van der Waals surface area contributed by atoms with Crippen LogP contribution in [-0.4, -0.2) is 42.9 Å². The molecule has 0 bridgehead atoms. The number of nitrogens with zero attached hydrogens (tertiary/aromatic N) is 4. The summed E-state index contributed by atoms with van der Waals surface area (Å²) in [7, 11) is 0. The number of aromatic nitrogens is 4. The fraction of sp³-hybridized carbons (Fsp3) is 0.400. The minimum Gasteiger partial charge on any atom is -0.363 e. The van der Waals surface area contributed by atoms with Gasteiger partial charge in [-0.15, -0.1) is 0 Å². The zero-order chi connectivity index (χ0) is 40.4. The first kappa shape index (κ1) is 48.4. The molecular formula is C40H55ClN10O4S2. The van der Waals surface area contributed by atoms with Crippen molar-refractivity contribution in [2.45, 2.75) is 93.2 Å². The highest BCUT2D eigenvalue weighted by atomic mass is 35.5. The summed E-state index contributed by atoms with van der Waals surface area (Å²) in [5.41, 5.74) is 14.1. The van der Waals surface area contributed by atoms with Gasteiger partial charge in [-0.25, -0.2) is 25.8 Å². The van der Waals surface area contributed by atoms with Gasteiger partial charge in [0.2, 0.25) is 11.1 Å². The molecule has 2 aliphatic carbocycles. The van der Waals surface area contributed by atoms with Gasteiger partial charge in [0.15, 0.2) is 0 Å². The van der Waals surface area contributed by atoms with Crippen LogP contribution in [0.4, 0.5) is 11.6 Å². The zero-order valence-corrected chi connectivity index (χ0v) is 36.4. The summed E-state index contributed by atoms with van der Waals surface area (Å²) >= 11 is 5.04. The second-order valence-corrected chi connectivity index (χ2v) is 14.3. The lowest BCUT2D eigenvalue weighted by Crippen LogP contribution is -2.42. The maximum atomic E-state index is 12.1. The highest BCUT2D eigenvalue weighted by Gasteiger charge is 2.30. The lowest BCUT2D eigenvalue weighted by atomic mass is 10.1. The molecule has 0 unspecified atom stereocenters. The number of nitrogens with one attached hydrogen (secondary N) is 5. The maximum absolute atomic E-state index is 12.1. The number of anilines is 2. The van der Waals surface area contributed by atoms with Crippen LogP contribution in [0.2, 0.25) is 0 Å². The van der Waals surface area contributed by atoms with Gasteiger partial charge in [0.05, 0.1) is 0 Å². The van der Waals surface area contributed by atoms with Crippen LogP contribution in [0, 0.1) is 53.4 Å². The Morgan fingerprint density at radius 2 is 1.00 bits per heavy atom. The number of aryl methyl sites for hydroxylation is 4. The average Bonchev–Trinajstić information content (AvgIpc) is 4.09. The first-order valence-electron chi connectivity index (χ1n) is 18.2. The normalized spacial score (nSPS) is 13.6. The lowest BCUT2D eigenvalue weighted by Gasteiger charge is -2.18. The number of halogens is 1. The van der Waals surface area contributed by atoms with Crippen LogP contribution < -0.4 is 32.8 Å². The summed E-state index contributed by atoms with van der Waals surface area (Å²) in [5.74, 6) is 7.78. The van der Waals surface area contributed by atoms with E-state index in [9.17, 15) is 19.2 Å². The number of amides is 3. The van der Waals surface area contributed by atoms with Crippen LogP contribution in [-0.2, 0) is 9.59 Å². The molecule has 2 aliphatic rings. The van der Waals surface area contributed by atoms with E-state index in [2.05, 4.69) is 46.8 Å². The van der Waals surface area contributed by atoms with Crippen molar-refractivity contribution in [2.75, 3.05) is 10.6 Å². The Balaban J connectivity index is 0.000000337. The molecular weight excluding hydrogens is 784 g/mol. The molecule has 0 radical (unpaired) electrons. The molecule has 2 saturated carbocycles. The van der Waals surface area contributed by atoms with Crippen LogP contribution in [0.5, 0.6) is 0 Å². The summed E-state index contributed by atoms with van der Waals surface area (Å²) < 4.78 is 0. The van der Waals surface area contributed by atoms with Gasteiger partial charge in [-0.3, -0.25) is 35.5 Å². The quantitative estimate of drug-likeness (QED) is 0.0452. The summed E-state index contributed by atoms with van der Waals surface area (Å²) in [4.78, 5) is 62.8. The van der Waals surface area contributed by atoms with Gasteiger partial charge >= 0.3 is 0 Å². The van der Waals surface area contributed by atoms with E-state index in [1.807, 2.05) is 79.7 Å². The molecule has 2 aromatic carbocycles. The Kier molecular flexibility index (Phi) is 18.9. The molecule has 2 fully saturated rings. The van der Waals surface area contributed by atoms with Gasteiger partial charge in [0.1, 0.15) is 23.3 Å². The number of hydrogen-bond donors (Lipinski definition) is 6. The number of hydrazine groups is 2. The molecule has 6 rings (SSSR count). The van der Waals surface area contributed by atoms with Crippen LogP contribution >= 0.6 is 38.6 Å². The molecule has 17 heteroatoms. The summed E-state index contributed by atoms with van der Waals surface area (Å²) in [6.45, 7) is 15.8. The van der Waals surface area contributed by atoms with Gasteiger partial charge in [0, 0.05) is 57.6 Å². The van der Waals surface area contributed by atoms with E-state index in [0.717, 1.165) is 82.6 Å². The van der Waals surface area contributed by atoms with Gasteiger partial charge in [-0.1, -0.05) is 24.3 Å². The van der Waals surface area contributed by atoms with Crippen molar-refractivity contribution in [3.63, 3.8) is 0 Å². The number of nitrogens with two attached hydrogens (primary N) is 1. The minimum absolute atomic E-state index is 0. The first-order chi connectivity index (χ1) is 26.1. The molecule has 4 aromatic rings. The van der Waals surface area contributed by atoms with E-state index < -0.39 is 0 Å². The second kappa shape index (κ2) is 22.2. The van der Waals surface area contributed by atoms with E-state index in [-0.39, 0.29) is 73.9 Å². The van der Waals surface area contributed by atoms with Crippen molar-refractivity contribution in [1.29, 1.82) is 0 Å². The van der Waals surface area contributed by atoms with E-state index in [4.69, 9.17) is 17.4 Å². The van der Waals surface area contributed by atoms with Crippen molar-refractivity contribution in [2.24, 2.45) is 17.7 Å². The SMILES string of the molecule is Cc1nc(C)c(C)c(N[C@@H](C)c2ccc(C(=O)NN)cc2)n1.Cc1nc(C)c(C)c(N[C@@H](C)c2ccc(C(=O)NNC(=O)C3CC3)cc2)n1.O=C(Cl)C1CC1.S.S. The molecule has 3 amide bonds. The predicted molar refractivity (Wildman–Crippen MR) is 234 cm³/mol. The Hall–Kier alpha value is -4.77. The first-order valence-corrected chi connectivity index (χ1v) is 18.6. The molecule has 2 aromatic heterocycles.